The number of aliphatic hydroxyl groups excluding tert-OH is 1. The number of esters is 1. The van der Waals surface area contributed by atoms with Gasteiger partial charge < -0.3 is 19.1 Å². The summed E-state index contributed by atoms with van der Waals surface area (Å²) in [5.41, 5.74) is -2.10. The van der Waals surface area contributed by atoms with E-state index in [9.17, 15) is 28.4 Å². The van der Waals surface area contributed by atoms with Gasteiger partial charge in [0.25, 0.3) is 5.56 Å². The van der Waals surface area contributed by atoms with E-state index >= 15 is 0 Å². The van der Waals surface area contributed by atoms with E-state index in [0.717, 1.165) is 29.2 Å². The van der Waals surface area contributed by atoms with Crippen molar-refractivity contribution in [2.75, 3.05) is 13.2 Å². The van der Waals surface area contributed by atoms with Crippen molar-refractivity contribution in [2.24, 2.45) is 0 Å². The number of aromatic nitrogens is 2. The Balaban J connectivity index is 1.49. The van der Waals surface area contributed by atoms with Crippen molar-refractivity contribution in [3.63, 3.8) is 0 Å². The van der Waals surface area contributed by atoms with E-state index < -0.39 is 61.9 Å². The number of ether oxygens (including phenoxy) is 2. The summed E-state index contributed by atoms with van der Waals surface area (Å²) in [6.45, 7) is 3.27. The minimum absolute atomic E-state index is 0.137. The molecule has 0 radical (unpaired) electrons. The molecule has 1 aliphatic heterocycles. The summed E-state index contributed by atoms with van der Waals surface area (Å²) >= 11 is 0. The number of benzene rings is 2. The minimum Gasteiger partial charge on any atom is -0.465 e. The number of fused-ring (bicyclic) bond motifs is 1. The summed E-state index contributed by atoms with van der Waals surface area (Å²) in [5.74, 6) is -1.62. The molecule has 1 fully saturated rings. The average molecular weight is 608 g/mol. The van der Waals surface area contributed by atoms with Gasteiger partial charge in [0.1, 0.15) is 24.1 Å². The van der Waals surface area contributed by atoms with Crippen LogP contribution < -0.4 is 20.9 Å². The van der Waals surface area contributed by atoms with Crippen LogP contribution in [0.2, 0.25) is 0 Å². The van der Waals surface area contributed by atoms with E-state index in [0.29, 0.717) is 18.0 Å². The fourth-order valence-corrected chi connectivity index (χ4v) is 6.01. The predicted octanol–water partition coefficient (Wildman–Crippen LogP) is 3.78. The van der Waals surface area contributed by atoms with Gasteiger partial charge in [-0.1, -0.05) is 62.6 Å². The molecule has 3 N–H and O–H groups in total. The molecule has 228 valence electrons. The molecule has 1 aromatic heterocycles. The number of nitrogens with one attached hydrogen (secondary N) is 2. The van der Waals surface area contributed by atoms with Crippen molar-refractivity contribution in [1.82, 2.24) is 14.6 Å². The van der Waals surface area contributed by atoms with Crippen molar-refractivity contribution < 1.29 is 37.4 Å². The highest BCUT2D eigenvalue weighted by Gasteiger charge is 2.40. The second kappa shape index (κ2) is 14.2. The van der Waals surface area contributed by atoms with Crippen LogP contribution >= 0.6 is 7.75 Å². The fraction of sp³-hybridized carbons (Fsp3) is 0.464. The molecule has 1 unspecified atom stereocenters. The molecule has 0 saturated carbocycles. The first-order valence-electron chi connectivity index (χ1n) is 13.8. The predicted molar refractivity (Wildman–Crippen MR) is 152 cm³/mol. The minimum atomic E-state index is -4.32. The zero-order valence-electron chi connectivity index (χ0n) is 23.4. The van der Waals surface area contributed by atoms with E-state index in [1.165, 1.54) is 6.92 Å². The van der Waals surface area contributed by atoms with Crippen LogP contribution in [0.4, 0.5) is 4.39 Å². The monoisotopic (exact) mass is 607 g/mol. The maximum absolute atomic E-state index is 14.1. The quantitative estimate of drug-likeness (QED) is 0.140. The lowest BCUT2D eigenvalue weighted by atomic mass is 10.1. The summed E-state index contributed by atoms with van der Waals surface area (Å²) in [5, 5.41) is 14.7. The molecule has 1 saturated heterocycles. The van der Waals surface area contributed by atoms with Gasteiger partial charge in [-0.3, -0.25) is 23.7 Å². The Bertz CT molecular complexity index is 1540. The number of halogens is 1. The van der Waals surface area contributed by atoms with Gasteiger partial charge in [-0.05, 0) is 24.8 Å². The van der Waals surface area contributed by atoms with Crippen LogP contribution in [-0.4, -0.2) is 52.1 Å². The standard InChI is InChI=1S/C28H35FN3O9P/c1-3-4-5-8-14-38-27(35)18(2)31-42(37,41-23-13-9-11-19-10-6-7-12-20(19)23)39-17-24-22(33)15-25(40-24)32-16-21(29)26(34)30-28(32)36/h6-7,9-13,16,18,22,24-25,33H,3-5,8,14-15,17H2,1-2H3,(H,31,37)(H,30,34,36)/t18-,22-,24+,25+,42?/m0/s1. The largest absolute Gasteiger partial charge is 0.465 e. The number of hydrogen-bond donors (Lipinski definition) is 3. The lowest BCUT2D eigenvalue weighted by Crippen LogP contribution is -2.36. The van der Waals surface area contributed by atoms with E-state index in [1.54, 1.807) is 24.3 Å². The summed E-state index contributed by atoms with van der Waals surface area (Å²) in [6, 6.07) is 11.3. The third-order valence-corrected chi connectivity index (χ3v) is 8.39. The molecule has 1 aliphatic rings. The number of unbranched alkanes of at least 4 members (excludes halogenated alkanes) is 3. The zero-order valence-corrected chi connectivity index (χ0v) is 24.3. The second-order valence-electron chi connectivity index (χ2n) is 10.0. The van der Waals surface area contributed by atoms with Crippen molar-refractivity contribution in [1.29, 1.82) is 0 Å². The number of rotatable bonds is 14. The van der Waals surface area contributed by atoms with Gasteiger partial charge in [-0.15, -0.1) is 0 Å². The average Bonchev–Trinajstić information content (AvgIpc) is 3.33. The van der Waals surface area contributed by atoms with Crippen LogP contribution in [0, 0.1) is 5.82 Å². The summed E-state index contributed by atoms with van der Waals surface area (Å²) < 4.78 is 51.2. The lowest BCUT2D eigenvalue weighted by molar-refractivity contribution is -0.145. The van der Waals surface area contributed by atoms with Crippen LogP contribution in [0.3, 0.4) is 0 Å². The molecular weight excluding hydrogens is 572 g/mol. The van der Waals surface area contributed by atoms with Crippen LogP contribution in [0.5, 0.6) is 5.75 Å². The number of carbonyl (C=O) groups is 1. The zero-order chi connectivity index (χ0) is 30.3. The van der Waals surface area contributed by atoms with Gasteiger partial charge >= 0.3 is 19.4 Å². The van der Waals surface area contributed by atoms with Gasteiger partial charge in [-0.25, -0.2) is 9.36 Å². The number of H-pyrrole nitrogens is 1. The molecular formula is C28H35FN3O9P. The molecule has 5 atom stereocenters. The van der Waals surface area contributed by atoms with Crippen LogP contribution in [-0.2, 0) is 23.4 Å². The maximum Gasteiger partial charge on any atom is 0.459 e. The highest BCUT2D eigenvalue weighted by Crippen LogP contribution is 2.47. The first-order chi connectivity index (χ1) is 20.1. The Morgan fingerprint density at radius 3 is 2.76 bits per heavy atom. The first-order valence-corrected chi connectivity index (χ1v) is 15.4. The van der Waals surface area contributed by atoms with E-state index in [2.05, 4.69) is 12.0 Å². The van der Waals surface area contributed by atoms with Crippen LogP contribution in [0.25, 0.3) is 10.8 Å². The van der Waals surface area contributed by atoms with Crippen molar-refractivity contribution in [2.45, 2.75) is 70.4 Å². The molecule has 12 nitrogen and oxygen atoms in total. The molecule has 0 bridgehead atoms. The van der Waals surface area contributed by atoms with Crippen molar-refractivity contribution in [3.8, 4) is 5.75 Å². The van der Waals surface area contributed by atoms with Gasteiger partial charge in [0.2, 0.25) is 5.82 Å². The topological polar surface area (TPSA) is 158 Å². The third-order valence-electron chi connectivity index (χ3n) is 6.76. The van der Waals surface area contributed by atoms with E-state index in [-0.39, 0.29) is 18.8 Å². The van der Waals surface area contributed by atoms with E-state index in [1.807, 2.05) is 23.2 Å². The van der Waals surface area contributed by atoms with Gasteiger partial charge in [0.15, 0.2) is 0 Å². The molecule has 0 spiro atoms. The van der Waals surface area contributed by atoms with Gasteiger partial charge in [0, 0.05) is 11.8 Å². The smallest absolute Gasteiger partial charge is 0.459 e. The fourth-order valence-electron chi connectivity index (χ4n) is 4.49. The molecule has 0 amide bonds. The molecule has 2 heterocycles. The summed E-state index contributed by atoms with van der Waals surface area (Å²) in [7, 11) is -4.32. The number of nitrogens with zero attached hydrogens (tertiary/aromatic N) is 1. The number of aliphatic hydroxyl groups is 1. The van der Waals surface area contributed by atoms with E-state index in [4.69, 9.17) is 18.5 Å². The molecule has 42 heavy (non-hydrogen) atoms. The number of carbonyl (C=O) groups excluding carboxylic acids is 1. The van der Waals surface area contributed by atoms with Crippen molar-refractivity contribution in [3.05, 3.63) is 75.3 Å². The van der Waals surface area contributed by atoms with Crippen LogP contribution in [0.1, 0.15) is 52.2 Å². The Morgan fingerprint density at radius 2 is 1.98 bits per heavy atom. The number of aromatic amines is 1. The Morgan fingerprint density at radius 1 is 1.21 bits per heavy atom. The summed E-state index contributed by atoms with van der Waals surface area (Å²) in [4.78, 5) is 38.0. The normalized spacial score (nSPS) is 20.7. The molecule has 0 aliphatic carbocycles. The SMILES string of the molecule is CCCCCCOC(=O)[C@H](C)NP(=O)(OC[C@H]1O[C@@H](n2cc(F)c(=O)[nH]c2=O)C[C@@H]1O)Oc1cccc2ccccc12. The lowest BCUT2D eigenvalue weighted by Gasteiger charge is -2.25. The summed E-state index contributed by atoms with van der Waals surface area (Å²) in [6.07, 6.45) is 0.798. The molecule has 3 aromatic rings. The van der Waals surface area contributed by atoms with Gasteiger partial charge in [0.05, 0.1) is 25.5 Å². The molecule has 2 aromatic carbocycles. The molecule has 14 heteroatoms. The van der Waals surface area contributed by atoms with Crippen molar-refractivity contribution >= 4 is 24.5 Å². The first kappa shape index (κ1) is 31.6. The third kappa shape index (κ3) is 7.93. The highest BCUT2D eigenvalue weighted by molar-refractivity contribution is 7.52. The Hall–Kier alpha value is -3.35. The number of hydrogen-bond acceptors (Lipinski definition) is 9. The Labute approximate surface area is 241 Å². The Kier molecular flexibility index (Phi) is 10.7. The van der Waals surface area contributed by atoms with Gasteiger partial charge in [-0.2, -0.15) is 9.48 Å². The molecule has 4 rings (SSSR count). The highest BCUT2D eigenvalue weighted by atomic mass is 31.2. The maximum atomic E-state index is 14.1. The second-order valence-corrected chi connectivity index (χ2v) is 11.7. The van der Waals surface area contributed by atoms with Crippen LogP contribution in [0.15, 0.2) is 58.3 Å².